The van der Waals surface area contributed by atoms with Gasteiger partial charge in [0.1, 0.15) is 18.1 Å². The Morgan fingerprint density at radius 3 is 2.75 bits per heavy atom. The van der Waals surface area contributed by atoms with Gasteiger partial charge in [0.25, 0.3) is 0 Å². The van der Waals surface area contributed by atoms with E-state index in [2.05, 4.69) is 18.8 Å². The van der Waals surface area contributed by atoms with Crippen LogP contribution >= 0.6 is 0 Å². The van der Waals surface area contributed by atoms with Gasteiger partial charge in [0.2, 0.25) is 0 Å². The van der Waals surface area contributed by atoms with Gasteiger partial charge in [-0.05, 0) is 31.1 Å². The van der Waals surface area contributed by atoms with Crippen molar-refractivity contribution in [2.24, 2.45) is 5.41 Å². The van der Waals surface area contributed by atoms with Gasteiger partial charge in [0.15, 0.2) is 0 Å². The summed E-state index contributed by atoms with van der Waals surface area (Å²) in [4.78, 5) is 4.02. The van der Waals surface area contributed by atoms with Crippen LogP contribution in [0.4, 0.5) is 0 Å². The molecule has 1 N–H and O–H groups in total. The molecule has 0 radical (unpaired) electrons. The average molecular weight is 225 g/mol. The van der Waals surface area contributed by atoms with Crippen molar-refractivity contribution in [3.63, 3.8) is 0 Å². The molecule has 0 aromatic carbocycles. The van der Waals surface area contributed by atoms with Crippen LogP contribution < -0.4 is 4.74 Å². The van der Waals surface area contributed by atoms with E-state index < -0.39 is 0 Å². The van der Waals surface area contributed by atoms with Crippen molar-refractivity contribution in [1.82, 2.24) is 4.98 Å². The predicted octanol–water partition coefficient (Wildman–Crippen LogP) is 2.51. The lowest BCUT2D eigenvalue weighted by molar-refractivity contribution is 0.0726. The van der Waals surface area contributed by atoms with Gasteiger partial charge < -0.3 is 14.3 Å². The van der Waals surface area contributed by atoms with E-state index in [1.807, 2.05) is 0 Å². The van der Waals surface area contributed by atoms with Crippen molar-refractivity contribution < 1.29 is 14.3 Å². The summed E-state index contributed by atoms with van der Waals surface area (Å²) in [6.45, 7) is 4.47. The van der Waals surface area contributed by atoms with Crippen LogP contribution in [-0.4, -0.2) is 16.2 Å². The number of oxazole rings is 1. The minimum Gasteiger partial charge on any atom is -0.447 e. The standard InChI is InChI=1S/C12H19NO3/c1-12(2)5-3-10(4-6-12)16-11-13-9(7-14)8-15-11/h8,10,14H,3-7H2,1-2H3. The minimum atomic E-state index is -0.107. The highest BCUT2D eigenvalue weighted by Gasteiger charge is 2.28. The average Bonchev–Trinajstić information content (AvgIpc) is 2.69. The van der Waals surface area contributed by atoms with E-state index in [0.29, 0.717) is 11.1 Å². The van der Waals surface area contributed by atoms with Gasteiger partial charge in [-0.2, -0.15) is 4.98 Å². The maximum absolute atomic E-state index is 8.85. The van der Waals surface area contributed by atoms with Gasteiger partial charge in [-0.15, -0.1) is 0 Å². The Bertz CT molecular complexity index is 336. The molecule has 90 valence electrons. The monoisotopic (exact) mass is 225 g/mol. The van der Waals surface area contributed by atoms with Crippen LogP contribution in [0.3, 0.4) is 0 Å². The molecular formula is C12H19NO3. The Labute approximate surface area is 95.6 Å². The van der Waals surface area contributed by atoms with Gasteiger partial charge in [-0.3, -0.25) is 0 Å². The third-order valence-electron chi connectivity index (χ3n) is 3.25. The van der Waals surface area contributed by atoms with Crippen molar-refractivity contribution in [3.8, 4) is 6.08 Å². The first-order valence-corrected chi connectivity index (χ1v) is 5.81. The number of rotatable bonds is 3. The van der Waals surface area contributed by atoms with E-state index in [1.165, 1.54) is 19.1 Å². The van der Waals surface area contributed by atoms with Crippen molar-refractivity contribution in [2.75, 3.05) is 0 Å². The molecule has 0 unspecified atom stereocenters. The fraction of sp³-hybridized carbons (Fsp3) is 0.750. The molecule has 4 heteroatoms. The summed E-state index contributed by atoms with van der Waals surface area (Å²) < 4.78 is 10.8. The lowest BCUT2D eigenvalue weighted by atomic mass is 9.76. The molecule has 1 aliphatic rings. The van der Waals surface area contributed by atoms with Crippen LogP contribution in [0.2, 0.25) is 0 Å². The molecule has 16 heavy (non-hydrogen) atoms. The van der Waals surface area contributed by atoms with E-state index in [1.54, 1.807) is 0 Å². The maximum Gasteiger partial charge on any atom is 0.394 e. The first kappa shape index (κ1) is 11.5. The van der Waals surface area contributed by atoms with E-state index in [-0.39, 0.29) is 18.8 Å². The Morgan fingerprint density at radius 2 is 2.19 bits per heavy atom. The van der Waals surface area contributed by atoms with E-state index in [4.69, 9.17) is 14.3 Å². The number of hydrogen-bond donors (Lipinski definition) is 1. The molecule has 1 aromatic heterocycles. The zero-order valence-corrected chi connectivity index (χ0v) is 9.90. The summed E-state index contributed by atoms with van der Waals surface area (Å²) in [7, 11) is 0. The highest BCUT2D eigenvalue weighted by Crippen LogP contribution is 2.36. The van der Waals surface area contributed by atoms with Crippen LogP contribution in [0.25, 0.3) is 0 Å². The molecule has 2 rings (SSSR count). The number of aromatic nitrogens is 1. The van der Waals surface area contributed by atoms with Crippen molar-refractivity contribution in [3.05, 3.63) is 12.0 Å². The van der Waals surface area contributed by atoms with Crippen LogP contribution in [-0.2, 0) is 6.61 Å². The SMILES string of the molecule is CC1(C)CCC(Oc2nc(CO)co2)CC1. The molecule has 1 aliphatic carbocycles. The quantitative estimate of drug-likeness (QED) is 0.858. The molecule has 0 bridgehead atoms. The number of aliphatic hydroxyl groups excluding tert-OH is 1. The Hall–Kier alpha value is -1.03. The van der Waals surface area contributed by atoms with Gasteiger partial charge in [-0.25, -0.2) is 0 Å². The van der Waals surface area contributed by atoms with Crippen molar-refractivity contribution >= 4 is 0 Å². The first-order chi connectivity index (χ1) is 7.59. The molecule has 0 spiro atoms. The molecule has 0 atom stereocenters. The number of ether oxygens (including phenoxy) is 1. The normalized spacial score (nSPS) is 20.9. The third kappa shape index (κ3) is 2.76. The molecule has 1 heterocycles. The largest absolute Gasteiger partial charge is 0.447 e. The van der Waals surface area contributed by atoms with E-state index >= 15 is 0 Å². The number of aliphatic hydroxyl groups is 1. The summed E-state index contributed by atoms with van der Waals surface area (Å²) in [6.07, 6.45) is 6.36. The topological polar surface area (TPSA) is 55.5 Å². The van der Waals surface area contributed by atoms with Crippen LogP contribution in [0, 0.1) is 5.41 Å². The molecular weight excluding hydrogens is 206 g/mol. The molecule has 4 nitrogen and oxygen atoms in total. The Kier molecular flexibility index (Phi) is 3.19. The highest BCUT2D eigenvalue weighted by atomic mass is 16.6. The first-order valence-electron chi connectivity index (χ1n) is 5.81. The van der Waals surface area contributed by atoms with E-state index in [0.717, 1.165) is 12.8 Å². The van der Waals surface area contributed by atoms with Crippen LogP contribution in [0.1, 0.15) is 45.2 Å². The minimum absolute atomic E-state index is 0.107. The van der Waals surface area contributed by atoms with Crippen LogP contribution in [0.5, 0.6) is 6.08 Å². The van der Waals surface area contributed by atoms with Gasteiger partial charge >= 0.3 is 6.08 Å². The third-order valence-corrected chi connectivity index (χ3v) is 3.25. The van der Waals surface area contributed by atoms with E-state index in [9.17, 15) is 0 Å². The lowest BCUT2D eigenvalue weighted by Crippen LogP contribution is -2.28. The Morgan fingerprint density at radius 1 is 1.50 bits per heavy atom. The smallest absolute Gasteiger partial charge is 0.394 e. The zero-order chi connectivity index (χ0) is 11.6. The van der Waals surface area contributed by atoms with Crippen molar-refractivity contribution in [1.29, 1.82) is 0 Å². The number of hydrogen-bond acceptors (Lipinski definition) is 4. The van der Waals surface area contributed by atoms with Gasteiger partial charge in [-0.1, -0.05) is 13.8 Å². The second-order valence-corrected chi connectivity index (χ2v) is 5.24. The van der Waals surface area contributed by atoms with Crippen LogP contribution in [0.15, 0.2) is 10.7 Å². The summed E-state index contributed by atoms with van der Waals surface area (Å²) in [6, 6.07) is 0. The predicted molar refractivity (Wildman–Crippen MR) is 59.1 cm³/mol. The second kappa shape index (κ2) is 4.45. The zero-order valence-electron chi connectivity index (χ0n) is 9.90. The summed E-state index contributed by atoms with van der Waals surface area (Å²) >= 11 is 0. The molecule has 1 aromatic rings. The molecule has 1 fully saturated rings. The fourth-order valence-corrected chi connectivity index (χ4v) is 2.05. The van der Waals surface area contributed by atoms with Gasteiger partial charge in [0.05, 0.1) is 6.61 Å². The number of nitrogens with zero attached hydrogens (tertiary/aromatic N) is 1. The fourth-order valence-electron chi connectivity index (χ4n) is 2.05. The maximum atomic E-state index is 8.85. The van der Waals surface area contributed by atoms with Gasteiger partial charge in [0, 0.05) is 0 Å². The summed E-state index contributed by atoms with van der Waals surface area (Å²) in [5, 5.41) is 8.85. The lowest BCUT2D eigenvalue weighted by Gasteiger charge is -2.33. The summed E-state index contributed by atoms with van der Waals surface area (Å²) in [5.41, 5.74) is 0.957. The summed E-state index contributed by atoms with van der Waals surface area (Å²) in [5.74, 6) is 0. The molecule has 1 saturated carbocycles. The molecule has 0 saturated heterocycles. The second-order valence-electron chi connectivity index (χ2n) is 5.24. The molecule has 0 aliphatic heterocycles. The molecule has 0 amide bonds. The van der Waals surface area contributed by atoms with Crippen molar-refractivity contribution in [2.45, 2.75) is 52.2 Å². The Balaban J connectivity index is 1.87. The highest BCUT2D eigenvalue weighted by molar-refractivity contribution is 4.98.